The van der Waals surface area contributed by atoms with Crippen molar-refractivity contribution in [3.05, 3.63) is 23.8 Å². The van der Waals surface area contributed by atoms with Crippen LogP contribution in [0.25, 0.3) is 10.2 Å². The summed E-state index contributed by atoms with van der Waals surface area (Å²) in [6.07, 6.45) is 0. The minimum Gasteiger partial charge on any atom is -0.478 e. The van der Waals surface area contributed by atoms with Crippen molar-refractivity contribution in [1.29, 1.82) is 0 Å². The standard InChI is InChI=1S/C12H12N2O3S/c15-11(16)8-1-2-9-10(7-8)18-12(13-9)14-3-5-17-6-4-14/h1-2,7H,3-6H2,(H,15,16). The quantitative estimate of drug-likeness (QED) is 0.896. The Labute approximate surface area is 108 Å². The van der Waals surface area contributed by atoms with Gasteiger partial charge in [0.2, 0.25) is 0 Å². The molecule has 1 N–H and O–H groups in total. The smallest absolute Gasteiger partial charge is 0.335 e. The van der Waals surface area contributed by atoms with Crippen molar-refractivity contribution in [1.82, 2.24) is 4.98 Å². The Hall–Kier alpha value is -1.66. The van der Waals surface area contributed by atoms with Crippen molar-refractivity contribution in [2.75, 3.05) is 31.2 Å². The molecule has 2 heterocycles. The number of aromatic carboxylic acids is 1. The average molecular weight is 264 g/mol. The molecule has 0 saturated carbocycles. The van der Waals surface area contributed by atoms with Gasteiger partial charge in [-0.1, -0.05) is 11.3 Å². The van der Waals surface area contributed by atoms with Crippen LogP contribution in [-0.4, -0.2) is 42.4 Å². The molecule has 0 radical (unpaired) electrons. The zero-order chi connectivity index (χ0) is 12.5. The number of carbonyl (C=O) groups is 1. The predicted octanol–water partition coefficient (Wildman–Crippen LogP) is 1.83. The van der Waals surface area contributed by atoms with E-state index in [1.54, 1.807) is 18.2 Å². The Balaban J connectivity index is 1.97. The van der Waals surface area contributed by atoms with Gasteiger partial charge in [0.15, 0.2) is 5.13 Å². The van der Waals surface area contributed by atoms with Gasteiger partial charge in [-0.2, -0.15) is 0 Å². The van der Waals surface area contributed by atoms with Crippen LogP contribution in [0.4, 0.5) is 5.13 Å². The lowest BCUT2D eigenvalue weighted by Crippen LogP contribution is -2.36. The minimum absolute atomic E-state index is 0.305. The Kier molecular flexibility index (Phi) is 2.89. The number of fused-ring (bicyclic) bond motifs is 1. The Morgan fingerprint density at radius 2 is 2.17 bits per heavy atom. The third-order valence-electron chi connectivity index (χ3n) is 2.91. The van der Waals surface area contributed by atoms with Gasteiger partial charge in [-0.15, -0.1) is 0 Å². The van der Waals surface area contributed by atoms with E-state index in [4.69, 9.17) is 9.84 Å². The number of aromatic nitrogens is 1. The second-order valence-corrected chi connectivity index (χ2v) is 5.09. The maximum atomic E-state index is 10.9. The molecule has 0 atom stereocenters. The number of carboxylic acids is 1. The summed E-state index contributed by atoms with van der Waals surface area (Å²) in [6, 6.07) is 5.03. The molecule has 3 rings (SSSR count). The fraction of sp³-hybridized carbons (Fsp3) is 0.333. The topological polar surface area (TPSA) is 62.7 Å². The third-order valence-corrected chi connectivity index (χ3v) is 3.98. The number of carboxylic acid groups (broad SMARTS) is 1. The van der Waals surface area contributed by atoms with Crippen LogP contribution < -0.4 is 4.90 Å². The first-order valence-electron chi connectivity index (χ1n) is 5.70. The summed E-state index contributed by atoms with van der Waals surface area (Å²) < 4.78 is 6.22. The van der Waals surface area contributed by atoms with E-state index in [9.17, 15) is 4.79 Å². The molecule has 18 heavy (non-hydrogen) atoms. The second kappa shape index (κ2) is 4.55. The van der Waals surface area contributed by atoms with E-state index in [1.807, 2.05) is 0 Å². The number of thiazole rings is 1. The van der Waals surface area contributed by atoms with Crippen molar-refractivity contribution < 1.29 is 14.6 Å². The van der Waals surface area contributed by atoms with Gasteiger partial charge in [0, 0.05) is 13.1 Å². The van der Waals surface area contributed by atoms with Crippen LogP contribution in [0.15, 0.2) is 18.2 Å². The fourth-order valence-electron chi connectivity index (χ4n) is 1.94. The molecular formula is C12H12N2O3S. The van der Waals surface area contributed by atoms with Gasteiger partial charge in [0.1, 0.15) is 0 Å². The first-order valence-corrected chi connectivity index (χ1v) is 6.52. The molecule has 0 unspecified atom stereocenters. The molecule has 1 fully saturated rings. The monoisotopic (exact) mass is 264 g/mol. The van der Waals surface area contributed by atoms with Crippen LogP contribution >= 0.6 is 11.3 Å². The summed E-state index contributed by atoms with van der Waals surface area (Å²) >= 11 is 1.53. The van der Waals surface area contributed by atoms with E-state index in [-0.39, 0.29) is 0 Å². The molecule has 1 aliphatic heterocycles. The van der Waals surface area contributed by atoms with E-state index < -0.39 is 5.97 Å². The van der Waals surface area contributed by atoms with Gasteiger partial charge < -0.3 is 14.7 Å². The molecule has 1 saturated heterocycles. The van der Waals surface area contributed by atoms with Gasteiger partial charge in [-0.25, -0.2) is 9.78 Å². The summed E-state index contributed by atoms with van der Waals surface area (Å²) in [5.74, 6) is -0.904. The Morgan fingerprint density at radius 3 is 2.89 bits per heavy atom. The van der Waals surface area contributed by atoms with E-state index in [0.29, 0.717) is 5.56 Å². The predicted molar refractivity (Wildman–Crippen MR) is 69.6 cm³/mol. The van der Waals surface area contributed by atoms with Crippen LogP contribution in [0.1, 0.15) is 10.4 Å². The molecule has 2 aromatic rings. The number of benzene rings is 1. The largest absolute Gasteiger partial charge is 0.478 e. The van der Waals surface area contributed by atoms with Gasteiger partial charge in [-0.05, 0) is 18.2 Å². The number of ether oxygens (including phenoxy) is 1. The van der Waals surface area contributed by atoms with E-state index in [2.05, 4.69) is 9.88 Å². The summed E-state index contributed by atoms with van der Waals surface area (Å²) in [4.78, 5) is 17.6. The Morgan fingerprint density at radius 1 is 1.39 bits per heavy atom. The molecule has 5 nitrogen and oxygen atoms in total. The van der Waals surface area contributed by atoms with Crippen LogP contribution in [0, 0.1) is 0 Å². The normalized spacial score (nSPS) is 16.1. The highest BCUT2D eigenvalue weighted by Crippen LogP contribution is 2.29. The average Bonchev–Trinajstić information content (AvgIpc) is 2.82. The lowest BCUT2D eigenvalue weighted by Gasteiger charge is -2.25. The maximum Gasteiger partial charge on any atom is 0.335 e. The number of hydrogen-bond donors (Lipinski definition) is 1. The molecule has 1 aromatic heterocycles. The van der Waals surface area contributed by atoms with Gasteiger partial charge in [0.05, 0.1) is 29.0 Å². The second-order valence-electron chi connectivity index (χ2n) is 4.08. The number of rotatable bonds is 2. The van der Waals surface area contributed by atoms with Crippen molar-refractivity contribution in [3.8, 4) is 0 Å². The number of hydrogen-bond acceptors (Lipinski definition) is 5. The molecule has 0 bridgehead atoms. The number of morpholine rings is 1. The van der Waals surface area contributed by atoms with Crippen LogP contribution in [0.3, 0.4) is 0 Å². The highest BCUT2D eigenvalue weighted by Gasteiger charge is 2.16. The van der Waals surface area contributed by atoms with Crippen molar-refractivity contribution in [2.24, 2.45) is 0 Å². The third kappa shape index (κ3) is 2.04. The Bertz CT molecular complexity index is 590. The molecular weight excluding hydrogens is 252 g/mol. The number of nitrogens with zero attached hydrogens (tertiary/aromatic N) is 2. The van der Waals surface area contributed by atoms with Gasteiger partial charge in [0.25, 0.3) is 0 Å². The first kappa shape index (κ1) is 11.4. The molecule has 1 aliphatic rings. The molecule has 94 valence electrons. The first-order chi connectivity index (χ1) is 8.74. The van der Waals surface area contributed by atoms with Crippen molar-refractivity contribution in [2.45, 2.75) is 0 Å². The molecule has 0 aliphatic carbocycles. The highest BCUT2D eigenvalue weighted by molar-refractivity contribution is 7.22. The van der Waals surface area contributed by atoms with Gasteiger partial charge >= 0.3 is 5.97 Å². The zero-order valence-electron chi connectivity index (χ0n) is 9.63. The van der Waals surface area contributed by atoms with E-state index >= 15 is 0 Å². The lowest BCUT2D eigenvalue weighted by molar-refractivity contribution is 0.0697. The summed E-state index contributed by atoms with van der Waals surface area (Å²) in [6.45, 7) is 3.11. The molecule has 0 amide bonds. The van der Waals surface area contributed by atoms with Crippen LogP contribution in [-0.2, 0) is 4.74 Å². The lowest BCUT2D eigenvalue weighted by atomic mass is 10.2. The maximum absolute atomic E-state index is 10.9. The van der Waals surface area contributed by atoms with Gasteiger partial charge in [-0.3, -0.25) is 0 Å². The highest BCUT2D eigenvalue weighted by atomic mass is 32.1. The summed E-state index contributed by atoms with van der Waals surface area (Å²) in [5.41, 5.74) is 1.16. The molecule has 6 heteroatoms. The summed E-state index contributed by atoms with van der Waals surface area (Å²) in [5, 5.41) is 9.90. The zero-order valence-corrected chi connectivity index (χ0v) is 10.4. The van der Waals surface area contributed by atoms with Crippen molar-refractivity contribution >= 4 is 32.7 Å². The van der Waals surface area contributed by atoms with Crippen LogP contribution in [0.5, 0.6) is 0 Å². The molecule has 1 aromatic carbocycles. The van der Waals surface area contributed by atoms with E-state index in [1.165, 1.54) is 11.3 Å². The number of anilines is 1. The van der Waals surface area contributed by atoms with Crippen molar-refractivity contribution in [3.63, 3.8) is 0 Å². The fourth-order valence-corrected chi connectivity index (χ4v) is 2.99. The van der Waals surface area contributed by atoms with E-state index in [0.717, 1.165) is 41.7 Å². The van der Waals surface area contributed by atoms with Crippen LogP contribution in [0.2, 0.25) is 0 Å². The molecule has 0 spiro atoms. The SMILES string of the molecule is O=C(O)c1ccc2nc(N3CCOCC3)sc2c1. The summed E-state index contributed by atoms with van der Waals surface area (Å²) in [7, 11) is 0. The minimum atomic E-state index is -0.904.